The van der Waals surface area contributed by atoms with Gasteiger partial charge in [-0.2, -0.15) is 0 Å². The molecule has 0 aromatic heterocycles. The first-order valence-corrected chi connectivity index (χ1v) is 6.95. The number of nitrogens with zero attached hydrogens (tertiary/aromatic N) is 1. The maximum Gasteiger partial charge on any atom is 0.257 e. The summed E-state index contributed by atoms with van der Waals surface area (Å²) in [6.45, 7) is 1.95. The van der Waals surface area contributed by atoms with Crippen molar-refractivity contribution < 1.29 is 14.7 Å². The fourth-order valence-corrected chi connectivity index (χ4v) is 2.96. The minimum Gasteiger partial charge on any atom is -0.507 e. The van der Waals surface area contributed by atoms with Gasteiger partial charge in [-0.25, -0.2) is 0 Å². The lowest BCUT2D eigenvalue weighted by Crippen LogP contribution is -2.31. The number of para-hydroxylation sites is 1. The van der Waals surface area contributed by atoms with E-state index >= 15 is 0 Å². The molecule has 0 unspecified atom stereocenters. The van der Waals surface area contributed by atoms with E-state index in [1.54, 1.807) is 19.1 Å². The first kappa shape index (κ1) is 12.9. The third kappa shape index (κ3) is 1.92. The van der Waals surface area contributed by atoms with E-state index in [0.717, 1.165) is 18.4 Å². The highest BCUT2D eigenvalue weighted by Crippen LogP contribution is 2.34. The molecule has 0 radical (unpaired) electrons. The van der Waals surface area contributed by atoms with E-state index in [9.17, 15) is 14.7 Å². The lowest BCUT2D eigenvalue weighted by atomic mass is 9.93. The number of hydrogen-bond acceptors (Lipinski definition) is 3. The Labute approximate surface area is 117 Å². The van der Waals surface area contributed by atoms with Gasteiger partial charge in [0, 0.05) is 16.7 Å². The summed E-state index contributed by atoms with van der Waals surface area (Å²) in [5.74, 6) is -0.186. The van der Waals surface area contributed by atoms with Gasteiger partial charge in [-0.15, -0.1) is 0 Å². The minimum atomic E-state index is -0.175. The average molecular weight is 271 g/mol. The highest BCUT2D eigenvalue weighted by atomic mass is 16.3. The van der Waals surface area contributed by atoms with Crippen LogP contribution in [-0.4, -0.2) is 21.8 Å². The van der Waals surface area contributed by atoms with Crippen molar-refractivity contribution in [1.82, 2.24) is 4.90 Å². The first-order valence-electron chi connectivity index (χ1n) is 6.95. The van der Waals surface area contributed by atoms with Crippen LogP contribution in [0.1, 0.15) is 36.8 Å². The van der Waals surface area contributed by atoms with Crippen LogP contribution < -0.4 is 0 Å². The number of phenols is 1. The molecule has 1 aromatic rings. The Morgan fingerprint density at radius 3 is 2.30 bits per heavy atom. The predicted molar refractivity (Wildman–Crippen MR) is 73.9 cm³/mol. The van der Waals surface area contributed by atoms with Crippen molar-refractivity contribution in [3.8, 4) is 5.75 Å². The molecule has 1 N–H and O–H groups in total. The molecule has 1 aromatic carbocycles. The average Bonchev–Trinajstić information content (AvgIpc) is 2.69. The summed E-state index contributed by atoms with van der Waals surface area (Å²) >= 11 is 0. The number of amides is 2. The second-order valence-corrected chi connectivity index (χ2v) is 5.44. The molecule has 20 heavy (non-hydrogen) atoms. The number of hydrogen-bond donors (Lipinski definition) is 1. The molecule has 3 rings (SSSR count). The van der Waals surface area contributed by atoms with Crippen molar-refractivity contribution in [2.45, 2.75) is 39.2 Å². The Balaban J connectivity index is 1.88. The van der Waals surface area contributed by atoms with Gasteiger partial charge < -0.3 is 5.11 Å². The summed E-state index contributed by atoms with van der Waals surface area (Å²) in [7, 11) is 0. The van der Waals surface area contributed by atoms with Gasteiger partial charge in [0.05, 0.1) is 6.54 Å². The van der Waals surface area contributed by atoms with Crippen molar-refractivity contribution in [3.05, 3.63) is 40.5 Å². The topological polar surface area (TPSA) is 57.6 Å². The largest absolute Gasteiger partial charge is 0.507 e. The third-order valence-electron chi connectivity index (χ3n) is 4.12. The molecule has 104 valence electrons. The van der Waals surface area contributed by atoms with Crippen molar-refractivity contribution >= 4 is 11.8 Å². The number of aryl methyl sites for hydroxylation is 1. The van der Waals surface area contributed by atoms with Crippen molar-refractivity contribution in [1.29, 1.82) is 0 Å². The van der Waals surface area contributed by atoms with Crippen molar-refractivity contribution in [2.24, 2.45) is 0 Å². The summed E-state index contributed by atoms with van der Waals surface area (Å²) in [6.07, 6.45) is 3.36. The minimum absolute atomic E-state index is 0.151. The quantitative estimate of drug-likeness (QED) is 0.840. The summed E-state index contributed by atoms with van der Waals surface area (Å²) in [5, 5.41) is 10.0. The Morgan fingerprint density at radius 2 is 1.70 bits per heavy atom. The fraction of sp³-hybridized carbons (Fsp3) is 0.375. The van der Waals surface area contributed by atoms with E-state index in [-0.39, 0.29) is 24.1 Å². The number of rotatable bonds is 2. The maximum atomic E-state index is 12.3. The summed E-state index contributed by atoms with van der Waals surface area (Å²) < 4.78 is 0. The molecule has 4 heteroatoms. The zero-order valence-corrected chi connectivity index (χ0v) is 11.5. The van der Waals surface area contributed by atoms with E-state index in [2.05, 4.69) is 0 Å². The van der Waals surface area contributed by atoms with Gasteiger partial charge >= 0.3 is 0 Å². The van der Waals surface area contributed by atoms with Crippen molar-refractivity contribution in [3.63, 3.8) is 0 Å². The molecule has 0 spiro atoms. The highest BCUT2D eigenvalue weighted by molar-refractivity contribution is 6.19. The van der Waals surface area contributed by atoms with Crippen LogP contribution in [0.5, 0.6) is 5.75 Å². The molecule has 1 aliphatic heterocycles. The number of imide groups is 1. The molecule has 1 aliphatic carbocycles. The van der Waals surface area contributed by atoms with E-state index in [1.807, 2.05) is 6.07 Å². The number of phenolic OH excluding ortho intramolecular Hbond substituents is 1. The SMILES string of the molecule is Cc1cccc(CN2C(=O)C3=C(CCCC3)C2=O)c1O. The number of carbonyl (C=O) groups is 2. The molecule has 1 heterocycles. The Bertz CT molecular complexity index is 603. The van der Waals surface area contributed by atoms with Crippen LogP contribution in [0.3, 0.4) is 0 Å². The Morgan fingerprint density at radius 1 is 1.10 bits per heavy atom. The fourth-order valence-electron chi connectivity index (χ4n) is 2.96. The van der Waals surface area contributed by atoms with Gasteiger partial charge in [-0.05, 0) is 38.2 Å². The van der Waals surface area contributed by atoms with E-state index in [0.29, 0.717) is 29.6 Å². The zero-order valence-electron chi connectivity index (χ0n) is 11.5. The standard InChI is InChI=1S/C16H17NO3/c1-10-5-4-6-11(14(10)18)9-17-15(19)12-7-2-3-8-13(12)16(17)20/h4-6,18H,2-3,7-9H2,1H3. The molecule has 0 saturated carbocycles. The smallest absolute Gasteiger partial charge is 0.257 e. The van der Waals surface area contributed by atoms with Gasteiger partial charge in [-0.1, -0.05) is 18.2 Å². The van der Waals surface area contributed by atoms with Crippen LogP contribution in [-0.2, 0) is 16.1 Å². The van der Waals surface area contributed by atoms with E-state index in [1.165, 1.54) is 4.90 Å². The summed E-state index contributed by atoms with van der Waals surface area (Å²) in [6, 6.07) is 5.37. The third-order valence-corrected chi connectivity index (χ3v) is 4.12. The molecule has 0 atom stereocenters. The molecule has 0 fully saturated rings. The van der Waals surface area contributed by atoms with Crippen LogP contribution in [0, 0.1) is 6.92 Å². The second kappa shape index (κ2) is 4.78. The normalized spacial score (nSPS) is 18.8. The maximum absolute atomic E-state index is 12.3. The van der Waals surface area contributed by atoms with Crippen LogP contribution >= 0.6 is 0 Å². The first-order chi connectivity index (χ1) is 9.59. The molecular weight excluding hydrogens is 254 g/mol. The second-order valence-electron chi connectivity index (χ2n) is 5.44. The van der Waals surface area contributed by atoms with Gasteiger partial charge in [0.2, 0.25) is 0 Å². The van der Waals surface area contributed by atoms with Gasteiger partial charge in [-0.3, -0.25) is 14.5 Å². The van der Waals surface area contributed by atoms with Crippen LogP contribution in [0.2, 0.25) is 0 Å². The highest BCUT2D eigenvalue weighted by Gasteiger charge is 2.38. The summed E-state index contributed by atoms with van der Waals surface area (Å²) in [4.78, 5) is 25.9. The van der Waals surface area contributed by atoms with Gasteiger partial charge in [0.1, 0.15) is 5.75 Å². The number of aromatic hydroxyl groups is 1. The number of carbonyl (C=O) groups excluding carboxylic acids is 2. The van der Waals surface area contributed by atoms with E-state index in [4.69, 9.17) is 0 Å². The predicted octanol–water partition coefficient (Wildman–Crippen LogP) is 2.44. The van der Waals surface area contributed by atoms with Crippen molar-refractivity contribution in [2.75, 3.05) is 0 Å². The van der Waals surface area contributed by atoms with Gasteiger partial charge in [0.25, 0.3) is 11.8 Å². The summed E-state index contributed by atoms with van der Waals surface area (Å²) in [5.41, 5.74) is 2.74. The molecule has 2 aliphatic rings. The molecule has 2 amide bonds. The van der Waals surface area contributed by atoms with E-state index < -0.39 is 0 Å². The lowest BCUT2D eigenvalue weighted by Gasteiger charge is -2.16. The Kier molecular flexibility index (Phi) is 3.08. The van der Waals surface area contributed by atoms with Gasteiger partial charge in [0.15, 0.2) is 0 Å². The lowest BCUT2D eigenvalue weighted by molar-refractivity contribution is -0.138. The van der Waals surface area contributed by atoms with Crippen LogP contribution in [0.25, 0.3) is 0 Å². The number of benzene rings is 1. The molecule has 0 saturated heterocycles. The Hall–Kier alpha value is -2.10. The van der Waals surface area contributed by atoms with Crippen LogP contribution in [0.4, 0.5) is 0 Å². The zero-order chi connectivity index (χ0) is 14.3. The molecule has 0 bridgehead atoms. The monoisotopic (exact) mass is 271 g/mol. The molecule has 4 nitrogen and oxygen atoms in total. The molecular formula is C16H17NO3. The van der Waals surface area contributed by atoms with Crippen LogP contribution in [0.15, 0.2) is 29.3 Å².